The highest BCUT2D eigenvalue weighted by molar-refractivity contribution is 6.30. The van der Waals surface area contributed by atoms with E-state index >= 15 is 0 Å². The Bertz CT molecular complexity index is 660. The van der Waals surface area contributed by atoms with Crippen molar-refractivity contribution in [2.75, 3.05) is 41.8 Å². The molecule has 0 radical (unpaired) electrons. The monoisotopic (exact) mass is 348 g/mol. The maximum absolute atomic E-state index is 9.00. The van der Waals surface area contributed by atoms with Gasteiger partial charge in [0.15, 0.2) is 0 Å². The van der Waals surface area contributed by atoms with Crippen molar-refractivity contribution in [3.8, 4) is 0 Å². The molecule has 2 aromatic rings. The molecule has 24 heavy (non-hydrogen) atoms. The van der Waals surface area contributed by atoms with Crippen LogP contribution in [0.1, 0.15) is 19.3 Å². The number of halogens is 1. The van der Waals surface area contributed by atoms with Gasteiger partial charge in [0.1, 0.15) is 0 Å². The lowest BCUT2D eigenvalue weighted by atomic mass is 10.1. The van der Waals surface area contributed by atoms with Crippen LogP contribution in [0.5, 0.6) is 0 Å². The van der Waals surface area contributed by atoms with Crippen molar-refractivity contribution in [1.29, 1.82) is 0 Å². The number of nitrogens with one attached hydrogen (secondary N) is 2. The highest BCUT2D eigenvalue weighted by Crippen LogP contribution is 2.21. The van der Waals surface area contributed by atoms with Crippen LogP contribution in [-0.4, -0.2) is 46.3 Å². The second-order valence-electron chi connectivity index (χ2n) is 5.61. The number of aromatic nitrogens is 3. The number of hydrogen-bond donors (Lipinski definition) is 3. The summed E-state index contributed by atoms with van der Waals surface area (Å²) in [7, 11) is 0. The maximum atomic E-state index is 9.00. The first-order chi connectivity index (χ1) is 11.7. The fourth-order valence-corrected chi connectivity index (χ4v) is 2.69. The standard InChI is InChI=1S/C16H21ClN6O/c17-12-4-6-13(7-5-12)19-15-20-14(18-8-11-24)21-16(22-15)23-9-2-1-3-10-23/h4-7,24H,1-3,8-11H2,(H2,18,19,20,21,22). The molecule has 0 amide bonds. The zero-order valence-electron chi connectivity index (χ0n) is 13.4. The lowest BCUT2D eigenvalue weighted by Crippen LogP contribution is -2.31. The zero-order chi connectivity index (χ0) is 16.8. The SMILES string of the molecule is OCCNc1nc(Nc2ccc(Cl)cc2)nc(N2CCCCC2)n1. The average molecular weight is 349 g/mol. The van der Waals surface area contributed by atoms with Crippen LogP contribution in [0.2, 0.25) is 5.02 Å². The average Bonchev–Trinajstić information content (AvgIpc) is 2.62. The van der Waals surface area contributed by atoms with Crippen molar-refractivity contribution >= 4 is 35.1 Å². The van der Waals surface area contributed by atoms with E-state index in [1.54, 1.807) is 0 Å². The predicted octanol–water partition coefficient (Wildman–Crippen LogP) is 2.66. The summed E-state index contributed by atoms with van der Waals surface area (Å²) >= 11 is 5.91. The maximum Gasteiger partial charge on any atom is 0.233 e. The molecule has 8 heteroatoms. The number of hydrogen-bond acceptors (Lipinski definition) is 7. The van der Waals surface area contributed by atoms with Crippen molar-refractivity contribution in [3.63, 3.8) is 0 Å². The van der Waals surface area contributed by atoms with Crippen LogP contribution in [0.3, 0.4) is 0 Å². The normalized spacial score (nSPS) is 14.5. The molecule has 0 spiro atoms. The third-order valence-corrected chi connectivity index (χ3v) is 4.01. The summed E-state index contributed by atoms with van der Waals surface area (Å²) in [6.07, 6.45) is 3.53. The molecule has 2 heterocycles. The Labute approximate surface area is 146 Å². The lowest BCUT2D eigenvalue weighted by molar-refractivity contribution is 0.311. The van der Waals surface area contributed by atoms with Crippen LogP contribution >= 0.6 is 11.6 Å². The minimum Gasteiger partial charge on any atom is -0.395 e. The van der Waals surface area contributed by atoms with Gasteiger partial charge in [-0.05, 0) is 43.5 Å². The van der Waals surface area contributed by atoms with Gasteiger partial charge in [-0.1, -0.05) is 11.6 Å². The summed E-state index contributed by atoms with van der Waals surface area (Å²) in [5.74, 6) is 1.58. The quantitative estimate of drug-likeness (QED) is 0.739. The van der Waals surface area contributed by atoms with Crippen LogP contribution in [0.25, 0.3) is 0 Å². The lowest BCUT2D eigenvalue weighted by Gasteiger charge is -2.27. The molecule has 0 saturated carbocycles. The Hall–Kier alpha value is -2.12. The third-order valence-electron chi connectivity index (χ3n) is 3.76. The molecular weight excluding hydrogens is 328 g/mol. The van der Waals surface area contributed by atoms with Crippen LogP contribution in [-0.2, 0) is 0 Å². The first-order valence-electron chi connectivity index (χ1n) is 8.13. The molecule has 1 saturated heterocycles. The molecule has 1 aromatic heterocycles. The van der Waals surface area contributed by atoms with E-state index in [9.17, 15) is 0 Å². The van der Waals surface area contributed by atoms with E-state index in [1.165, 1.54) is 6.42 Å². The molecule has 1 fully saturated rings. The van der Waals surface area contributed by atoms with Gasteiger partial charge in [-0.25, -0.2) is 0 Å². The van der Waals surface area contributed by atoms with Crippen molar-refractivity contribution in [2.45, 2.75) is 19.3 Å². The van der Waals surface area contributed by atoms with Crippen molar-refractivity contribution < 1.29 is 5.11 Å². The molecule has 0 atom stereocenters. The topological polar surface area (TPSA) is 86.2 Å². The second-order valence-corrected chi connectivity index (χ2v) is 6.05. The van der Waals surface area contributed by atoms with Gasteiger partial charge in [0.2, 0.25) is 17.8 Å². The second kappa shape index (κ2) is 8.12. The zero-order valence-corrected chi connectivity index (χ0v) is 14.1. The summed E-state index contributed by atoms with van der Waals surface area (Å²) in [5.41, 5.74) is 0.850. The predicted molar refractivity (Wildman–Crippen MR) is 96.2 cm³/mol. The first kappa shape index (κ1) is 16.7. The van der Waals surface area contributed by atoms with E-state index in [-0.39, 0.29) is 6.61 Å². The van der Waals surface area contributed by atoms with Gasteiger partial charge < -0.3 is 20.6 Å². The number of aliphatic hydroxyl groups excluding tert-OH is 1. The molecular formula is C16H21ClN6O. The summed E-state index contributed by atoms with van der Waals surface area (Å²) in [5, 5.41) is 15.9. The van der Waals surface area contributed by atoms with E-state index in [4.69, 9.17) is 16.7 Å². The minimum absolute atomic E-state index is 0.0185. The summed E-state index contributed by atoms with van der Waals surface area (Å²) in [6, 6.07) is 7.35. The summed E-state index contributed by atoms with van der Waals surface area (Å²) < 4.78 is 0. The van der Waals surface area contributed by atoms with Crippen molar-refractivity contribution in [3.05, 3.63) is 29.3 Å². The number of nitrogens with zero attached hydrogens (tertiary/aromatic N) is 4. The molecule has 3 N–H and O–H groups in total. The molecule has 0 bridgehead atoms. The van der Waals surface area contributed by atoms with Gasteiger partial charge in [0, 0.05) is 30.3 Å². The summed E-state index contributed by atoms with van der Waals surface area (Å²) in [6.45, 7) is 2.31. The first-order valence-corrected chi connectivity index (χ1v) is 8.51. The molecule has 7 nitrogen and oxygen atoms in total. The third kappa shape index (κ3) is 4.46. The van der Waals surface area contributed by atoms with Crippen molar-refractivity contribution in [2.24, 2.45) is 0 Å². The van der Waals surface area contributed by atoms with Crippen molar-refractivity contribution in [1.82, 2.24) is 15.0 Å². The van der Waals surface area contributed by atoms with Crippen LogP contribution in [0.4, 0.5) is 23.5 Å². The molecule has 1 aliphatic rings. The van der Waals surface area contributed by atoms with E-state index in [2.05, 4.69) is 30.5 Å². The fourth-order valence-electron chi connectivity index (χ4n) is 2.57. The Kier molecular flexibility index (Phi) is 5.66. The Morgan fingerprint density at radius 1 is 1.00 bits per heavy atom. The number of rotatable bonds is 6. The largest absolute Gasteiger partial charge is 0.395 e. The fraction of sp³-hybridized carbons (Fsp3) is 0.438. The molecule has 3 rings (SSSR count). The van der Waals surface area contributed by atoms with Gasteiger partial charge in [-0.2, -0.15) is 15.0 Å². The summed E-state index contributed by atoms with van der Waals surface area (Å²) in [4.78, 5) is 15.5. The molecule has 0 aliphatic carbocycles. The van der Waals surface area contributed by atoms with E-state index < -0.39 is 0 Å². The van der Waals surface area contributed by atoms with E-state index in [0.717, 1.165) is 31.6 Å². The molecule has 128 valence electrons. The highest BCUT2D eigenvalue weighted by Gasteiger charge is 2.16. The number of benzene rings is 1. The molecule has 1 aliphatic heterocycles. The van der Waals surface area contributed by atoms with E-state index in [1.807, 2.05) is 24.3 Å². The van der Waals surface area contributed by atoms with E-state index in [0.29, 0.717) is 29.4 Å². The number of piperidine rings is 1. The number of anilines is 4. The number of aliphatic hydroxyl groups is 1. The van der Waals surface area contributed by atoms with Crippen LogP contribution in [0.15, 0.2) is 24.3 Å². The van der Waals surface area contributed by atoms with Gasteiger partial charge in [-0.15, -0.1) is 0 Å². The van der Waals surface area contributed by atoms with Crippen LogP contribution in [0, 0.1) is 0 Å². The Morgan fingerprint density at radius 2 is 1.71 bits per heavy atom. The van der Waals surface area contributed by atoms with Crippen LogP contribution < -0.4 is 15.5 Å². The van der Waals surface area contributed by atoms with Gasteiger partial charge in [0.25, 0.3) is 0 Å². The molecule has 1 aromatic carbocycles. The Morgan fingerprint density at radius 3 is 2.42 bits per heavy atom. The van der Waals surface area contributed by atoms with Gasteiger partial charge in [-0.3, -0.25) is 0 Å². The smallest absolute Gasteiger partial charge is 0.233 e. The molecule has 0 unspecified atom stereocenters. The minimum atomic E-state index is 0.0185. The Balaban J connectivity index is 1.84. The van der Waals surface area contributed by atoms with Gasteiger partial charge in [0.05, 0.1) is 6.61 Å². The highest BCUT2D eigenvalue weighted by atomic mass is 35.5. The van der Waals surface area contributed by atoms with Gasteiger partial charge >= 0.3 is 0 Å².